The Bertz CT molecular complexity index is 1280. The van der Waals surface area contributed by atoms with Gasteiger partial charge in [-0.1, -0.05) is 71.8 Å². The minimum absolute atomic E-state index is 0.0615. The summed E-state index contributed by atoms with van der Waals surface area (Å²) in [6.07, 6.45) is 0.819. The number of hydrogen-bond donors (Lipinski definition) is 0. The summed E-state index contributed by atoms with van der Waals surface area (Å²) in [7, 11) is -3.62. The molecule has 0 radical (unpaired) electrons. The highest BCUT2D eigenvalue weighted by molar-refractivity contribution is 7.74. The maximum absolute atomic E-state index is 14.6. The number of carbonyl (C=O) groups excluding carboxylic acids is 1. The van der Waals surface area contributed by atoms with E-state index in [0.29, 0.717) is 16.2 Å². The molecule has 0 saturated carbocycles. The second kappa shape index (κ2) is 11.5. The van der Waals surface area contributed by atoms with E-state index in [1.807, 2.05) is 42.5 Å². The largest absolute Gasteiger partial charge is 0.461 e. The quantitative estimate of drug-likeness (QED) is 0.0783. The monoisotopic (exact) mass is 485 g/mol. The molecule has 0 unspecified atom stereocenters. The summed E-state index contributed by atoms with van der Waals surface area (Å²) in [4.78, 5) is 15.7. The van der Waals surface area contributed by atoms with Gasteiger partial charge in [0.1, 0.15) is 0 Å². The molecule has 0 aliphatic rings. The fraction of sp³-hybridized carbons (Fsp3) is 0.148. The molecule has 4 rings (SSSR count). The van der Waals surface area contributed by atoms with Crippen LogP contribution in [-0.2, 0) is 9.09 Å². The first-order valence-corrected chi connectivity index (χ1v) is 12.8. The first kappa shape index (κ1) is 24.2. The van der Waals surface area contributed by atoms with E-state index in [-0.39, 0.29) is 24.4 Å². The molecule has 8 heteroatoms. The van der Waals surface area contributed by atoms with Crippen molar-refractivity contribution in [2.75, 3.05) is 0 Å². The van der Waals surface area contributed by atoms with Crippen LogP contribution in [0.15, 0.2) is 119 Å². The van der Waals surface area contributed by atoms with E-state index in [9.17, 15) is 14.9 Å². The summed E-state index contributed by atoms with van der Waals surface area (Å²) in [6.45, 7) is 0. The summed E-state index contributed by atoms with van der Waals surface area (Å²) >= 11 is 0. The van der Waals surface area contributed by atoms with Crippen LogP contribution >= 0.6 is 7.37 Å². The molecule has 1 heterocycles. The average Bonchev–Trinajstić information content (AvgIpc) is 3.46. The molecule has 0 saturated heterocycles. The fourth-order valence-electron chi connectivity index (χ4n) is 3.87. The van der Waals surface area contributed by atoms with E-state index in [1.54, 1.807) is 60.7 Å². The third-order valence-electron chi connectivity index (χ3n) is 5.60. The van der Waals surface area contributed by atoms with Crippen molar-refractivity contribution >= 4 is 23.8 Å². The summed E-state index contributed by atoms with van der Waals surface area (Å²) < 4.78 is 26.3. The number of nitrogens with zero attached hydrogens (tertiary/aromatic N) is 3. The van der Waals surface area contributed by atoms with Gasteiger partial charge in [0.2, 0.25) is 0 Å². The van der Waals surface area contributed by atoms with E-state index < -0.39 is 19.5 Å². The second-order valence-corrected chi connectivity index (χ2v) is 10.2. The van der Waals surface area contributed by atoms with Crippen molar-refractivity contribution in [1.29, 1.82) is 0 Å². The maximum Gasteiger partial charge on any atom is 0.261 e. The first-order valence-electron chi connectivity index (χ1n) is 11.2. The predicted octanol–water partition coefficient (Wildman–Crippen LogP) is 6.61. The normalized spacial score (nSPS) is 12.9. The number of Topliss-reactive ketones (excluding diaryl/α,β-unsaturated/α-hetero) is 1. The molecule has 0 amide bonds. The lowest BCUT2D eigenvalue weighted by molar-refractivity contribution is 0.0917. The lowest BCUT2D eigenvalue weighted by Crippen LogP contribution is -2.27. The Labute approximate surface area is 203 Å². The lowest BCUT2D eigenvalue weighted by Gasteiger charge is -2.29. The minimum Gasteiger partial charge on any atom is -0.461 e. The van der Waals surface area contributed by atoms with Gasteiger partial charge in [-0.3, -0.25) is 9.36 Å². The highest BCUT2D eigenvalue weighted by Gasteiger charge is 2.36. The molecule has 0 fully saturated rings. The van der Waals surface area contributed by atoms with Crippen LogP contribution in [0.1, 0.15) is 35.0 Å². The summed E-state index contributed by atoms with van der Waals surface area (Å²) in [6, 6.07) is 29.5. The van der Waals surface area contributed by atoms with Gasteiger partial charge in [0.05, 0.1) is 18.4 Å². The molecule has 1 aromatic heterocycles. The van der Waals surface area contributed by atoms with Crippen LogP contribution in [0.5, 0.6) is 0 Å². The molecule has 0 aliphatic heterocycles. The van der Waals surface area contributed by atoms with Gasteiger partial charge in [0.25, 0.3) is 7.37 Å². The Hall–Kier alpha value is -3.89. The van der Waals surface area contributed by atoms with Crippen LogP contribution in [-0.4, -0.2) is 11.9 Å². The van der Waals surface area contributed by atoms with Crippen molar-refractivity contribution in [2.24, 2.45) is 5.11 Å². The fourth-order valence-corrected chi connectivity index (χ4v) is 6.15. The van der Waals surface area contributed by atoms with Crippen LogP contribution in [0.3, 0.4) is 0 Å². The van der Waals surface area contributed by atoms with Gasteiger partial charge >= 0.3 is 0 Å². The molecule has 176 valence electrons. The molecule has 35 heavy (non-hydrogen) atoms. The highest BCUT2D eigenvalue weighted by atomic mass is 31.2. The molecule has 3 aromatic carbocycles. The van der Waals surface area contributed by atoms with Crippen molar-refractivity contribution in [3.8, 4) is 0 Å². The summed E-state index contributed by atoms with van der Waals surface area (Å²) in [5.74, 6) is 0.0173. The standard InChI is InChI=1S/C27H24N3O4P/c28-30-29-27(21-11-4-1-5-12-21)26(19-18-24(31)25-17-10-20-33-25)34-35(32,22-13-6-2-7-14-22)23-15-8-3-9-16-23/h1-17,20,26-27H,18-19H2/t26-,27+/m1/s1. The van der Waals surface area contributed by atoms with Crippen LogP contribution in [0.25, 0.3) is 10.4 Å². The number of rotatable bonds is 11. The Balaban J connectivity index is 1.75. The van der Waals surface area contributed by atoms with Crippen molar-refractivity contribution in [1.82, 2.24) is 0 Å². The number of azide groups is 1. The van der Waals surface area contributed by atoms with Crippen molar-refractivity contribution in [3.05, 3.63) is 131 Å². The van der Waals surface area contributed by atoms with Crippen LogP contribution in [0.4, 0.5) is 0 Å². The number of carbonyl (C=O) groups is 1. The predicted molar refractivity (Wildman–Crippen MR) is 135 cm³/mol. The average molecular weight is 485 g/mol. The molecule has 0 N–H and O–H groups in total. The van der Waals surface area contributed by atoms with Gasteiger partial charge in [0.15, 0.2) is 11.5 Å². The maximum atomic E-state index is 14.6. The molecular weight excluding hydrogens is 461 g/mol. The number of ketones is 1. The summed E-state index contributed by atoms with van der Waals surface area (Å²) in [5.41, 5.74) is 10.1. The number of furan rings is 1. The smallest absolute Gasteiger partial charge is 0.261 e. The zero-order valence-corrected chi connectivity index (χ0v) is 19.8. The van der Waals surface area contributed by atoms with Gasteiger partial charge in [-0.15, -0.1) is 0 Å². The van der Waals surface area contributed by atoms with E-state index in [0.717, 1.165) is 0 Å². The third kappa shape index (κ3) is 5.79. The van der Waals surface area contributed by atoms with Crippen LogP contribution < -0.4 is 10.6 Å². The zero-order valence-electron chi connectivity index (χ0n) is 18.9. The van der Waals surface area contributed by atoms with E-state index in [1.165, 1.54) is 6.26 Å². The van der Waals surface area contributed by atoms with Crippen molar-refractivity contribution < 1.29 is 18.3 Å². The van der Waals surface area contributed by atoms with Crippen molar-refractivity contribution in [2.45, 2.75) is 25.0 Å². The Morgan fingerprint density at radius 2 is 1.46 bits per heavy atom. The third-order valence-corrected chi connectivity index (χ3v) is 8.12. The Morgan fingerprint density at radius 3 is 1.97 bits per heavy atom. The highest BCUT2D eigenvalue weighted by Crippen LogP contribution is 2.49. The zero-order chi connectivity index (χ0) is 24.5. The molecule has 7 nitrogen and oxygen atoms in total. The second-order valence-electron chi connectivity index (χ2n) is 7.87. The molecule has 4 aromatic rings. The van der Waals surface area contributed by atoms with E-state index in [2.05, 4.69) is 10.0 Å². The van der Waals surface area contributed by atoms with Gasteiger partial charge in [-0.2, -0.15) is 0 Å². The van der Waals surface area contributed by atoms with Gasteiger partial charge < -0.3 is 8.94 Å². The SMILES string of the molecule is [N-]=[N+]=N[C@@H](c1ccccc1)[C@@H](CCC(=O)c1ccco1)OP(=O)(c1ccccc1)c1ccccc1. The van der Waals surface area contributed by atoms with Crippen LogP contribution in [0.2, 0.25) is 0 Å². The van der Waals surface area contributed by atoms with E-state index in [4.69, 9.17) is 8.94 Å². The Morgan fingerprint density at radius 1 is 0.886 bits per heavy atom. The minimum atomic E-state index is -3.62. The first-order chi connectivity index (χ1) is 17.1. The molecule has 2 atom stereocenters. The van der Waals surface area contributed by atoms with Gasteiger partial charge in [-0.05, 0) is 53.9 Å². The van der Waals surface area contributed by atoms with Crippen LogP contribution in [0, 0.1) is 0 Å². The molecular formula is C27H24N3O4P. The van der Waals surface area contributed by atoms with Gasteiger partial charge in [0, 0.05) is 21.9 Å². The number of hydrogen-bond acceptors (Lipinski definition) is 5. The topological polar surface area (TPSA) is 105 Å². The molecule has 0 bridgehead atoms. The molecule has 0 aliphatic carbocycles. The van der Waals surface area contributed by atoms with E-state index >= 15 is 0 Å². The van der Waals surface area contributed by atoms with Gasteiger partial charge in [-0.25, -0.2) is 0 Å². The lowest BCUT2D eigenvalue weighted by atomic mass is 9.97. The Kier molecular flexibility index (Phi) is 7.96. The summed E-state index contributed by atoms with van der Waals surface area (Å²) in [5, 5.41) is 5.04. The number of benzene rings is 3. The molecule has 0 spiro atoms. The van der Waals surface area contributed by atoms with Crippen molar-refractivity contribution in [3.63, 3.8) is 0 Å².